The fourth-order valence-corrected chi connectivity index (χ4v) is 4.46. The average Bonchev–Trinajstić information content (AvgIpc) is 3.24. The van der Waals surface area contributed by atoms with Gasteiger partial charge in [0.05, 0.1) is 25.8 Å². The van der Waals surface area contributed by atoms with Crippen molar-refractivity contribution in [2.24, 2.45) is 5.92 Å². The molecule has 2 aliphatic rings. The van der Waals surface area contributed by atoms with E-state index in [0.717, 1.165) is 44.8 Å². The molecule has 33 heavy (non-hydrogen) atoms. The summed E-state index contributed by atoms with van der Waals surface area (Å²) in [5.41, 5.74) is 1.73. The molecule has 0 spiro atoms. The van der Waals surface area contributed by atoms with Crippen molar-refractivity contribution in [2.45, 2.75) is 32.4 Å². The van der Waals surface area contributed by atoms with E-state index in [1.54, 1.807) is 24.0 Å². The van der Waals surface area contributed by atoms with Crippen LogP contribution in [0.15, 0.2) is 52.9 Å². The summed E-state index contributed by atoms with van der Waals surface area (Å²) in [6, 6.07) is 14.8. The SMILES string of the molecule is Cc1nnc(-c2ccc(CN(C(=O)C3CCN(C4COC4)CC3)c3ccccc3)c(F)c2)o1. The molecule has 2 aromatic carbocycles. The van der Waals surface area contributed by atoms with Gasteiger partial charge in [-0.3, -0.25) is 9.69 Å². The highest BCUT2D eigenvalue weighted by Gasteiger charge is 2.34. The first-order valence-electron chi connectivity index (χ1n) is 11.4. The number of nitrogens with zero attached hydrogens (tertiary/aromatic N) is 4. The lowest BCUT2D eigenvalue weighted by Crippen LogP contribution is -2.53. The van der Waals surface area contributed by atoms with Gasteiger partial charge in [0.1, 0.15) is 5.82 Å². The Kier molecular flexibility index (Phi) is 6.20. The highest BCUT2D eigenvalue weighted by Crippen LogP contribution is 2.28. The molecule has 7 nitrogen and oxygen atoms in total. The zero-order chi connectivity index (χ0) is 22.8. The van der Waals surface area contributed by atoms with Crippen LogP contribution in [0.4, 0.5) is 10.1 Å². The highest BCUT2D eigenvalue weighted by molar-refractivity contribution is 5.95. The minimum atomic E-state index is -0.406. The van der Waals surface area contributed by atoms with Crippen molar-refractivity contribution in [3.8, 4) is 11.5 Å². The first-order valence-corrected chi connectivity index (χ1v) is 11.4. The van der Waals surface area contributed by atoms with Gasteiger partial charge in [-0.15, -0.1) is 10.2 Å². The molecule has 0 radical (unpaired) electrons. The maximum atomic E-state index is 15.1. The number of halogens is 1. The van der Waals surface area contributed by atoms with Gasteiger partial charge < -0.3 is 14.1 Å². The fraction of sp³-hybridized carbons (Fsp3) is 0.400. The second-order valence-corrected chi connectivity index (χ2v) is 8.69. The van der Waals surface area contributed by atoms with Gasteiger partial charge in [0.2, 0.25) is 17.7 Å². The lowest BCUT2D eigenvalue weighted by molar-refractivity contribution is -0.125. The summed E-state index contributed by atoms with van der Waals surface area (Å²) in [5.74, 6) is 0.258. The van der Waals surface area contributed by atoms with E-state index in [2.05, 4.69) is 15.1 Å². The molecule has 2 saturated heterocycles. The number of hydrogen-bond acceptors (Lipinski definition) is 6. The predicted octanol–water partition coefficient (Wildman–Crippen LogP) is 3.83. The van der Waals surface area contributed by atoms with Crippen LogP contribution in [-0.2, 0) is 16.1 Å². The maximum Gasteiger partial charge on any atom is 0.247 e. The molecule has 0 aliphatic carbocycles. The van der Waals surface area contributed by atoms with Gasteiger partial charge in [0.15, 0.2) is 0 Å². The second-order valence-electron chi connectivity index (χ2n) is 8.69. The highest BCUT2D eigenvalue weighted by atomic mass is 19.1. The number of rotatable bonds is 6. The van der Waals surface area contributed by atoms with Crippen LogP contribution in [0.25, 0.3) is 11.5 Å². The van der Waals surface area contributed by atoms with Gasteiger partial charge in [-0.1, -0.05) is 24.3 Å². The van der Waals surface area contributed by atoms with Crippen molar-refractivity contribution in [2.75, 3.05) is 31.2 Å². The van der Waals surface area contributed by atoms with E-state index in [1.807, 2.05) is 30.3 Å². The lowest BCUT2D eigenvalue weighted by Gasteiger charge is -2.41. The third-order valence-corrected chi connectivity index (χ3v) is 6.50. The Morgan fingerprint density at radius 3 is 2.48 bits per heavy atom. The summed E-state index contributed by atoms with van der Waals surface area (Å²) >= 11 is 0. The number of ether oxygens (including phenoxy) is 1. The summed E-state index contributed by atoms with van der Waals surface area (Å²) in [6.07, 6.45) is 1.60. The van der Waals surface area contributed by atoms with Crippen LogP contribution in [0.1, 0.15) is 24.3 Å². The molecule has 0 bridgehead atoms. The minimum Gasteiger partial charge on any atom is -0.421 e. The molecule has 0 atom stereocenters. The van der Waals surface area contributed by atoms with Crippen molar-refractivity contribution in [1.82, 2.24) is 15.1 Å². The van der Waals surface area contributed by atoms with E-state index in [1.165, 1.54) is 6.07 Å². The number of para-hydroxylation sites is 1. The number of carbonyl (C=O) groups excluding carboxylic acids is 1. The molecule has 8 heteroatoms. The summed E-state index contributed by atoms with van der Waals surface area (Å²) in [6.45, 7) is 5.20. The number of hydrogen-bond donors (Lipinski definition) is 0. The second kappa shape index (κ2) is 9.41. The van der Waals surface area contributed by atoms with Crippen LogP contribution in [0.2, 0.25) is 0 Å². The number of amides is 1. The smallest absolute Gasteiger partial charge is 0.247 e. The molecule has 0 saturated carbocycles. The molecular weight excluding hydrogens is 423 g/mol. The first-order chi connectivity index (χ1) is 16.1. The van der Waals surface area contributed by atoms with Crippen LogP contribution >= 0.6 is 0 Å². The third kappa shape index (κ3) is 4.67. The summed E-state index contributed by atoms with van der Waals surface area (Å²) in [5, 5.41) is 7.75. The van der Waals surface area contributed by atoms with Gasteiger partial charge >= 0.3 is 0 Å². The maximum absolute atomic E-state index is 15.1. The number of piperidine rings is 1. The molecule has 2 aliphatic heterocycles. The number of aromatic nitrogens is 2. The molecule has 3 aromatic rings. The topological polar surface area (TPSA) is 71.7 Å². The molecule has 3 heterocycles. The third-order valence-electron chi connectivity index (χ3n) is 6.50. The Balaban J connectivity index is 1.34. The molecular formula is C25H27FN4O3. The zero-order valence-electron chi connectivity index (χ0n) is 18.6. The van der Waals surface area contributed by atoms with Crippen LogP contribution < -0.4 is 4.90 Å². The normalized spacial score (nSPS) is 17.6. The summed E-state index contributed by atoms with van der Waals surface area (Å²) < 4.78 is 25.8. The van der Waals surface area contributed by atoms with Crippen molar-refractivity contribution < 1.29 is 18.3 Å². The number of likely N-dealkylation sites (tertiary alicyclic amines) is 1. The van der Waals surface area contributed by atoms with Gasteiger partial charge in [-0.25, -0.2) is 4.39 Å². The number of aryl methyl sites for hydroxylation is 1. The number of anilines is 1. The van der Waals surface area contributed by atoms with Gasteiger partial charge in [-0.2, -0.15) is 0 Å². The average molecular weight is 451 g/mol. The molecule has 1 amide bonds. The molecule has 2 fully saturated rings. The van der Waals surface area contributed by atoms with Crippen LogP contribution in [0.3, 0.4) is 0 Å². The van der Waals surface area contributed by atoms with Crippen LogP contribution in [-0.4, -0.2) is 53.3 Å². The standard InChI is InChI=1S/C25H27FN4O3/c1-17-27-28-24(33-17)19-7-8-20(23(26)13-19)14-30(21-5-3-2-4-6-21)25(31)18-9-11-29(12-10-18)22-15-32-16-22/h2-8,13,18,22H,9-12,14-16H2,1H3. The predicted molar refractivity (Wildman–Crippen MR) is 121 cm³/mol. The minimum absolute atomic E-state index is 0.0433. The zero-order valence-corrected chi connectivity index (χ0v) is 18.6. The summed E-state index contributed by atoms with van der Waals surface area (Å²) in [4.78, 5) is 17.7. The van der Waals surface area contributed by atoms with E-state index in [4.69, 9.17) is 9.15 Å². The first kappa shape index (κ1) is 21.7. The Hall–Kier alpha value is -3.10. The molecule has 5 rings (SSSR count). The van der Waals surface area contributed by atoms with Gasteiger partial charge in [-0.05, 0) is 50.2 Å². The van der Waals surface area contributed by atoms with Crippen molar-refractivity contribution in [3.63, 3.8) is 0 Å². The number of carbonyl (C=O) groups is 1. The quantitative estimate of drug-likeness (QED) is 0.569. The Morgan fingerprint density at radius 1 is 1.12 bits per heavy atom. The largest absolute Gasteiger partial charge is 0.421 e. The van der Waals surface area contributed by atoms with Crippen LogP contribution in [0, 0.1) is 18.7 Å². The van der Waals surface area contributed by atoms with Gasteiger partial charge in [0.25, 0.3) is 0 Å². The summed E-state index contributed by atoms with van der Waals surface area (Å²) in [7, 11) is 0. The van der Waals surface area contributed by atoms with Gasteiger partial charge in [0, 0.05) is 29.7 Å². The molecule has 1 aromatic heterocycles. The monoisotopic (exact) mass is 450 g/mol. The fourth-order valence-electron chi connectivity index (χ4n) is 4.46. The van der Waals surface area contributed by atoms with Crippen molar-refractivity contribution >= 4 is 11.6 Å². The number of benzene rings is 2. The van der Waals surface area contributed by atoms with E-state index < -0.39 is 5.82 Å². The van der Waals surface area contributed by atoms with E-state index >= 15 is 4.39 Å². The Bertz CT molecular complexity index is 1110. The van der Waals surface area contributed by atoms with E-state index in [9.17, 15) is 4.79 Å². The Labute approximate surface area is 192 Å². The van der Waals surface area contributed by atoms with Crippen molar-refractivity contribution in [1.29, 1.82) is 0 Å². The van der Waals surface area contributed by atoms with Crippen LogP contribution in [0.5, 0.6) is 0 Å². The van der Waals surface area contributed by atoms with E-state index in [0.29, 0.717) is 23.1 Å². The van der Waals surface area contributed by atoms with Crippen molar-refractivity contribution in [3.05, 3.63) is 65.8 Å². The van der Waals surface area contributed by atoms with E-state index in [-0.39, 0.29) is 24.3 Å². The lowest BCUT2D eigenvalue weighted by atomic mass is 9.93. The molecule has 0 N–H and O–H groups in total. The molecule has 0 unspecified atom stereocenters. The Morgan fingerprint density at radius 2 is 1.88 bits per heavy atom. The molecule has 172 valence electrons.